The van der Waals surface area contributed by atoms with Gasteiger partial charge in [0, 0.05) is 35.2 Å². The Bertz CT molecular complexity index is 1050. The molecule has 0 unspecified atom stereocenters. The van der Waals surface area contributed by atoms with E-state index in [1.54, 1.807) is 0 Å². The molecule has 0 amide bonds. The number of phenols is 2. The Hall–Kier alpha value is -2.54. The van der Waals surface area contributed by atoms with Gasteiger partial charge in [-0.25, -0.2) is 0 Å². The molecule has 1 aliphatic heterocycles. The second-order valence-electron chi connectivity index (χ2n) is 7.00. The summed E-state index contributed by atoms with van der Waals surface area (Å²) in [5.41, 5.74) is 0.993. The third-order valence-electron chi connectivity index (χ3n) is 5.44. The van der Waals surface area contributed by atoms with Crippen molar-refractivity contribution in [3.05, 3.63) is 58.3 Å². The number of likely N-dealkylation sites (tertiary alicyclic amines) is 1. The molecule has 1 saturated heterocycles. The summed E-state index contributed by atoms with van der Waals surface area (Å²) in [4.78, 5) is 14.7. The van der Waals surface area contributed by atoms with Crippen LogP contribution in [0.2, 0.25) is 0 Å². The molecule has 1 aromatic heterocycles. The molecule has 0 bridgehead atoms. The lowest BCUT2D eigenvalue weighted by molar-refractivity contribution is 0.172. The van der Waals surface area contributed by atoms with Crippen molar-refractivity contribution in [2.45, 2.75) is 18.4 Å². The number of rotatable bonds is 3. The number of fused-ring (bicyclic) bond motifs is 1. The highest BCUT2D eigenvalue weighted by molar-refractivity contribution is 5.89. The number of halogens is 1. The Morgan fingerprint density at radius 1 is 1.14 bits per heavy atom. The Kier molecular flexibility index (Phi) is 5.65. The van der Waals surface area contributed by atoms with Crippen LogP contribution in [0.4, 0.5) is 0 Å². The van der Waals surface area contributed by atoms with Gasteiger partial charge in [0.2, 0.25) is 0 Å². The predicted molar refractivity (Wildman–Crippen MR) is 109 cm³/mol. The zero-order valence-corrected chi connectivity index (χ0v) is 16.1. The van der Waals surface area contributed by atoms with Crippen molar-refractivity contribution in [2.24, 2.45) is 0 Å². The maximum absolute atomic E-state index is 12.7. The topological polar surface area (TPSA) is 94.1 Å². The normalized spacial score (nSPS) is 19.6. The molecule has 3 aromatic rings. The number of nitrogens with zero attached hydrogens (tertiary/aromatic N) is 1. The van der Waals surface area contributed by atoms with E-state index in [1.165, 1.54) is 12.1 Å². The Morgan fingerprint density at radius 2 is 1.86 bits per heavy atom. The number of hydrogen-bond donors (Lipinski definition) is 3. The lowest BCUT2D eigenvalue weighted by atomic mass is 9.89. The van der Waals surface area contributed by atoms with Gasteiger partial charge in [0.15, 0.2) is 5.43 Å². The molecule has 2 heterocycles. The zero-order chi connectivity index (χ0) is 19.1. The number of aromatic hydroxyl groups is 2. The summed E-state index contributed by atoms with van der Waals surface area (Å²) >= 11 is 0. The molecular formula is C21H22ClNO5. The molecule has 0 spiro atoms. The second kappa shape index (κ2) is 7.83. The molecule has 3 N–H and O–H groups in total. The van der Waals surface area contributed by atoms with Crippen molar-refractivity contribution >= 4 is 23.4 Å². The molecule has 2 atom stereocenters. The van der Waals surface area contributed by atoms with Gasteiger partial charge in [-0.2, -0.15) is 0 Å². The highest BCUT2D eigenvalue weighted by Crippen LogP contribution is 2.44. The van der Waals surface area contributed by atoms with Crippen LogP contribution in [-0.4, -0.2) is 46.5 Å². The Balaban J connectivity index is 0.00000225. The summed E-state index contributed by atoms with van der Waals surface area (Å²) in [6, 6.07) is 11.5. The summed E-state index contributed by atoms with van der Waals surface area (Å²) in [5.74, 6) is -0.290. The van der Waals surface area contributed by atoms with E-state index in [2.05, 4.69) is 0 Å². The molecule has 0 aliphatic carbocycles. The Labute approximate surface area is 168 Å². The van der Waals surface area contributed by atoms with Crippen LogP contribution >= 0.6 is 12.4 Å². The van der Waals surface area contributed by atoms with Crippen LogP contribution < -0.4 is 5.43 Å². The minimum absolute atomic E-state index is 0. The van der Waals surface area contributed by atoms with Crippen LogP contribution in [0.1, 0.15) is 17.9 Å². The summed E-state index contributed by atoms with van der Waals surface area (Å²) in [6.45, 7) is 0.673. The number of aliphatic hydroxyl groups excluding tert-OH is 1. The first-order chi connectivity index (χ1) is 13.0. The van der Waals surface area contributed by atoms with Crippen LogP contribution in [0.25, 0.3) is 22.3 Å². The highest BCUT2D eigenvalue weighted by Gasteiger charge is 2.36. The molecular weight excluding hydrogens is 382 g/mol. The maximum Gasteiger partial charge on any atom is 0.197 e. The Morgan fingerprint density at radius 3 is 2.54 bits per heavy atom. The van der Waals surface area contributed by atoms with E-state index in [0.29, 0.717) is 17.7 Å². The maximum atomic E-state index is 12.7. The van der Waals surface area contributed by atoms with Crippen LogP contribution in [0.5, 0.6) is 11.5 Å². The number of aliphatic hydroxyl groups is 1. The van der Waals surface area contributed by atoms with Crippen molar-refractivity contribution in [1.29, 1.82) is 0 Å². The lowest BCUT2D eigenvalue weighted by Gasteiger charge is -2.24. The molecule has 4 rings (SSSR count). The van der Waals surface area contributed by atoms with Gasteiger partial charge in [-0.1, -0.05) is 30.3 Å². The van der Waals surface area contributed by atoms with Crippen molar-refractivity contribution < 1.29 is 19.7 Å². The number of phenolic OH excluding ortho intramolecular Hbond substituents is 2. The van der Waals surface area contributed by atoms with Gasteiger partial charge in [-0.15, -0.1) is 12.4 Å². The highest BCUT2D eigenvalue weighted by atomic mass is 35.5. The van der Waals surface area contributed by atoms with Gasteiger partial charge >= 0.3 is 0 Å². The smallest absolute Gasteiger partial charge is 0.197 e. The van der Waals surface area contributed by atoms with E-state index < -0.39 is 0 Å². The molecule has 28 heavy (non-hydrogen) atoms. The van der Waals surface area contributed by atoms with Crippen LogP contribution in [0.15, 0.2) is 51.7 Å². The second-order valence-corrected chi connectivity index (χ2v) is 7.00. The standard InChI is InChI=1S/C21H21NO5.ClH/c1-22-8-7-13(14(22)11-23)19-15(24)9-16(25)20-17(26)10-18(27-21(19)20)12-5-3-2-4-6-12;/h2-6,9-10,13-14,23-25H,7-8,11H2,1H3;1H/t13-,14+;/m1./s1. The van der Waals surface area contributed by atoms with E-state index in [1.807, 2.05) is 42.3 Å². The molecule has 7 heteroatoms. The molecule has 0 saturated carbocycles. The molecule has 1 fully saturated rings. The fourth-order valence-corrected chi connectivity index (χ4v) is 4.04. The first-order valence-corrected chi connectivity index (χ1v) is 8.90. The van der Waals surface area contributed by atoms with E-state index in [4.69, 9.17) is 4.42 Å². The third-order valence-corrected chi connectivity index (χ3v) is 5.44. The summed E-state index contributed by atoms with van der Waals surface area (Å²) in [6.07, 6.45) is 0.703. The summed E-state index contributed by atoms with van der Waals surface area (Å²) in [7, 11) is 1.91. The van der Waals surface area contributed by atoms with Gasteiger partial charge in [-0.3, -0.25) is 4.79 Å². The van der Waals surface area contributed by atoms with Crippen molar-refractivity contribution in [3.8, 4) is 22.8 Å². The van der Waals surface area contributed by atoms with Crippen molar-refractivity contribution in [2.75, 3.05) is 20.2 Å². The van der Waals surface area contributed by atoms with Gasteiger partial charge in [0.25, 0.3) is 0 Å². The molecule has 148 valence electrons. The monoisotopic (exact) mass is 403 g/mol. The zero-order valence-electron chi connectivity index (χ0n) is 15.3. The molecule has 2 aromatic carbocycles. The summed E-state index contributed by atoms with van der Waals surface area (Å²) < 4.78 is 6.04. The first-order valence-electron chi connectivity index (χ1n) is 8.90. The minimum atomic E-state index is -0.374. The third kappa shape index (κ3) is 3.24. The van der Waals surface area contributed by atoms with Crippen LogP contribution in [0.3, 0.4) is 0 Å². The molecule has 1 aliphatic rings. The van der Waals surface area contributed by atoms with Crippen LogP contribution in [0, 0.1) is 0 Å². The van der Waals surface area contributed by atoms with Crippen LogP contribution in [-0.2, 0) is 0 Å². The van der Waals surface area contributed by atoms with E-state index in [9.17, 15) is 20.1 Å². The van der Waals surface area contributed by atoms with Gasteiger partial charge < -0.3 is 24.6 Å². The number of benzene rings is 2. The van der Waals surface area contributed by atoms with Gasteiger partial charge in [0.1, 0.15) is 28.2 Å². The van der Waals surface area contributed by atoms with E-state index in [-0.39, 0.29) is 58.9 Å². The fraction of sp³-hybridized carbons (Fsp3) is 0.286. The lowest BCUT2D eigenvalue weighted by Crippen LogP contribution is -2.32. The number of hydrogen-bond acceptors (Lipinski definition) is 6. The summed E-state index contributed by atoms with van der Waals surface area (Å²) in [5, 5.41) is 30.7. The van der Waals surface area contributed by atoms with E-state index >= 15 is 0 Å². The van der Waals surface area contributed by atoms with E-state index in [0.717, 1.165) is 12.1 Å². The number of likely N-dealkylation sites (N-methyl/N-ethyl adjacent to an activating group) is 1. The molecule has 6 nitrogen and oxygen atoms in total. The van der Waals surface area contributed by atoms with Crippen molar-refractivity contribution in [1.82, 2.24) is 4.90 Å². The van der Waals surface area contributed by atoms with Gasteiger partial charge in [0.05, 0.1) is 6.61 Å². The quantitative estimate of drug-likeness (QED) is 0.622. The predicted octanol–water partition coefficient (Wildman–Crippen LogP) is 3.07. The largest absolute Gasteiger partial charge is 0.507 e. The fourth-order valence-electron chi connectivity index (χ4n) is 4.04. The minimum Gasteiger partial charge on any atom is -0.507 e. The average molecular weight is 404 g/mol. The molecule has 0 radical (unpaired) electrons. The average Bonchev–Trinajstić information content (AvgIpc) is 3.02. The van der Waals surface area contributed by atoms with Gasteiger partial charge in [-0.05, 0) is 20.0 Å². The SMILES string of the molecule is CN1CC[C@@H](c2c(O)cc(O)c3c(=O)cc(-c4ccccc4)oc23)[C@@H]1CO.Cl. The first kappa shape index (κ1) is 20.2. The van der Waals surface area contributed by atoms with Crippen molar-refractivity contribution in [3.63, 3.8) is 0 Å².